The van der Waals surface area contributed by atoms with Gasteiger partial charge in [0.15, 0.2) is 5.13 Å². The fourth-order valence-electron chi connectivity index (χ4n) is 1.53. The minimum Gasteiger partial charge on any atom is -0.350 e. The maximum Gasteiger partial charge on any atom is 0.244 e. The van der Waals surface area contributed by atoms with Gasteiger partial charge in [0, 0.05) is 24.7 Å². The molecule has 0 aliphatic carbocycles. The average molecular weight is 211 g/mol. The molecule has 1 N–H and O–H groups in total. The first kappa shape index (κ1) is 9.45. The lowest BCUT2D eigenvalue weighted by Crippen LogP contribution is -2.30. The van der Waals surface area contributed by atoms with Crippen LogP contribution in [0.5, 0.6) is 0 Å². The molecule has 5 heteroatoms. The van der Waals surface area contributed by atoms with E-state index in [1.54, 1.807) is 16.2 Å². The average Bonchev–Trinajstić information content (AvgIpc) is 2.67. The van der Waals surface area contributed by atoms with Gasteiger partial charge in [0.1, 0.15) is 6.04 Å². The predicted molar refractivity (Wildman–Crippen MR) is 56.5 cm³/mol. The van der Waals surface area contributed by atoms with E-state index >= 15 is 0 Å². The van der Waals surface area contributed by atoms with Gasteiger partial charge in [-0.3, -0.25) is 4.79 Å². The largest absolute Gasteiger partial charge is 0.350 e. The maximum absolute atomic E-state index is 11.6. The number of rotatable bonds is 2. The fourth-order valence-corrected chi connectivity index (χ4v) is 2.24. The van der Waals surface area contributed by atoms with E-state index in [4.69, 9.17) is 0 Å². The summed E-state index contributed by atoms with van der Waals surface area (Å²) in [4.78, 5) is 18.6. The number of carbonyl (C=O) groups excluding carboxylic acids is 1. The summed E-state index contributed by atoms with van der Waals surface area (Å²) in [5.41, 5.74) is 0. The Hall–Kier alpha value is -1.10. The van der Waals surface area contributed by atoms with Crippen LogP contribution in [-0.4, -0.2) is 35.4 Å². The third-order valence-corrected chi connectivity index (χ3v) is 3.19. The first-order chi connectivity index (χ1) is 6.66. The summed E-state index contributed by atoms with van der Waals surface area (Å²) in [6.45, 7) is 2.84. The zero-order chi connectivity index (χ0) is 10.1. The number of likely N-dealkylation sites (tertiary alicyclic amines) is 1. The molecular weight excluding hydrogens is 198 g/mol. The lowest BCUT2D eigenvalue weighted by Gasteiger charge is -2.10. The van der Waals surface area contributed by atoms with Crippen LogP contribution < -0.4 is 5.32 Å². The summed E-state index contributed by atoms with van der Waals surface area (Å²) in [5, 5.41) is 4.00. The van der Waals surface area contributed by atoms with Crippen LogP contribution in [-0.2, 0) is 4.79 Å². The summed E-state index contributed by atoms with van der Waals surface area (Å²) in [6, 6.07) is -0.0782. The van der Waals surface area contributed by atoms with E-state index in [2.05, 4.69) is 10.3 Å². The molecule has 0 spiro atoms. The predicted octanol–water partition coefficient (Wildman–Crippen LogP) is 1.09. The van der Waals surface area contributed by atoms with Crippen LogP contribution in [0.4, 0.5) is 5.13 Å². The van der Waals surface area contributed by atoms with E-state index < -0.39 is 0 Å². The first-order valence-electron chi connectivity index (χ1n) is 4.61. The number of aryl methyl sites for hydroxylation is 1. The molecule has 1 aliphatic heterocycles. The van der Waals surface area contributed by atoms with Crippen molar-refractivity contribution in [3.63, 3.8) is 0 Å². The normalized spacial score (nSPS) is 21.7. The van der Waals surface area contributed by atoms with Crippen LogP contribution >= 0.6 is 11.3 Å². The number of likely N-dealkylation sites (N-methyl/N-ethyl adjacent to an activating group) is 1. The second kappa shape index (κ2) is 3.57. The maximum atomic E-state index is 11.6. The van der Waals surface area contributed by atoms with Crippen molar-refractivity contribution in [1.29, 1.82) is 0 Å². The molecule has 1 fully saturated rings. The van der Waals surface area contributed by atoms with Crippen molar-refractivity contribution in [2.24, 2.45) is 0 Å². The van der Waals surface area contributed by atoms with Gasteiger partial charge in [0.05, 0.1) is 0 Å². The van der Waals surface area contributed by atoms with E-state index in [1.165, 1.54) is 0 Å². The zero-order valence-corrected chi connectivity index (χ0v) is 9.10. The molecule has 1 amide bonds. The van der Waals surface area contributed by atoms with Gasteiger partial charge in [-0.15, -0.1) is 11.3 Å². The first-order valence-corrected chi connectivity index (χ1v) is 5.42. The molecule has 1 unspecified atom stereocenters. The van der Waals surface area contributed by atoms with Gasteiger partial charge in [-0.1, -0.05) is 0 Å². The van der Waals surface area contributed by atoms with Crippen molar-refractivity contribution >= 4 is 22.4 Å². The number of amides is 1. The topological polar surface area (TPSA) is 45.2 Å². The molecule has 76 valence electrons. The highest BCUT2D eigenvalue weighted by molar-refractivity contribution is 7.15. The van der Waals surface area contributed by atoms with Gasteiger partial charge in [-0.2, -0.15) is 0 Å². The number of thiazole rings is 1. The molecular formula is C9H13N3OS. The minimum atomic E-state index is -0.0782. The summed E-state index contributed by atoms with van der Waals surface area (Å²) in [6.07, 6.45) is 2.68. The molecule has 0 bridgehead atoms. The van der Waals surface area contributed by atoms with Crippen molar-refractivity contribution < 1.29 is 4.79 Å². The van der Waals surface area contributed by atoms with E-state index in [0.717, 1.165) is 23.0 Å². The summed E-state index contributed by atoms with van der Waals surface area (Å²) < 4.78 is 0. The zero-order valence-electron chi connectivity index (χ0n) is 8.28. The van der Waals surface area contributed by atoms with Gasteiger partial charge in [0.25, 0.3) is 0 Å². The summed E-state index contributed by atoms with van der Waals surface area (Å²) in [7, 11) is 1.83. The number of aromatic nitrogens is 1. The van der Waals surface area contributed by atoms with Crippen molar-refractivity contribution in [1.82, 2.24) is 9.88 Å². The minimum absolute atomic E-state index is 0.0782. The quantitative estimate of drug-likeness (QED) is 0.796. The number of nitrogens with zero attached hydrogens (tertiary/aromatic N) is 2. The molecule has 0 saturated carbocycles. The van der Waals surface area contributed by atoms with Gasteiger partial charge < -0.3 is 10.2 Å². The monoisotopic (exact) mass is 211 g/mol. The molecule has 4 nitrogen and oxygen atoms in total. The SMILES string of the molecule is Cc1cnc(NC2CCN(C)C2=O)s1. The molecule has 1 aromatic rings. The van der Waals surface area contributed by atoms with Crippen LogP contribution in [0, 0.1) is 6.92 Å². The van der Waals surface area contributed by atoms with Crippen molar-refractivity contribution in [3.8, 4) is 0 Å². The standard InChI is InChI=1S/C9H13N3OS/c1-6-5-10-9(14-6)11-7-3-4-12(2)8(7)13/h5,7H,3-4H2,1-2H3,(H,10,11). The Bertz CT molecular complexity index is 350. The smallest absolute Gasteiger partial charge is 0.244 e. The van der Waals surface area contributed by atoms with E-state index in [-0.39, 0.29) is 11.9 Å². The van der Waals surface area contributed by atoms with E-state index in [0.29, 0.717) is 0 Å². The Balaban J connectivity index is 2.02. The summed E-state index contributed by atoms with van der Waals surface area (Å²) in [5.74, 6) is 0.165. The lowest BCUT2D eigenvalue weighted by atomic mass is 10.2. The number of nitrogens with one attached hydrogen (secondary N) is 1. The van der Waals surface area contributed by atoms with Crippen molar-refractivity contribution in [2.75, 3.05) is 18.9 Å². The number of carbonyl (C=O) groups is 1. The Kier molecular flexibility index (Phi) is 2.41. The summed E-state index contributed by atoms with van der Waals surface area (Å²) >= 11 is 1.58. The number of hydrogen-bond acceptors (Lipinski definition) is 4. The van der Waals surface area contributed by atoms with E-state index in [1.807, 2.05) is 20.2 Å². The second-order valence-electron chi connectivity index (χ2n) is 3.52. The molecule has 2 heterocycles. The van der Waals surface area contributed by atoms with Crippen molar-refractivity contribution in [3.05, 3.63) is 11.1 Å². The molecule has 1 atom stereocenters. The van der Waals surface area contributed by atoms with Crippen LogP contribution in [0.2, 0.25) is 0 Å². The van der Waals surface area contributed by atoms with Gasteiger partial charge >= 0.3 is 0 Å². The highest BCUT2D eigenvalue weighted by Gasteiger charge is 2.29. The van der Waals surface area contributed by atoms with Crippen molar-refractivity contribution in [2.45, 2.75) is 19.4 Å². The molecule has 1 aromatic heterocycles. The van der Waals surface area contributed by atoms with Crippen LogP contribution in [0.3, 0.4) is 0 Å². The van der Waals surface area contributed by atoms with Gasteiger partial charge in [0.2, 0.25) is 5.91 Å². The fraction of sp³-hybridized carbons (Fsp3) is 0.556. The highest BCUT2D eigenvalue weighted by atomic mass is 32.1. The lowest BCUT2D eigenvalue weighted by molar-refractivity contribution is -0.127. The number of hydrogen-bond donors (Lipinski definition) is 1. The molecule has 1 aliphatic rings. The Labute approximate surface area is 86.9 Å². The van der Waals surface area contributed by atoms with E-state index in [9.17, 15) is 4.79 Å². The van der Waals surface area contributed by atoms with Crippen LogP contribution in [0.15, 0.2) is 6.20 Å². The second-order valence-corrected chi connectivity index (χ2v) is 4.76. The molecule has 0 radical (unpaired) electrons. The third kappa shape index (κ3) is 1.72. The Morgan fingerprint density at radius 1 is 1.71 bits per heavy atom. The highest BCUT2D eigenvalue weighted by Crippen LogP contribution is 2.20. The van der Waals surface area contributed by atoms with Crippen LogP contribution in [0.25, 0.3) is 0 Å². The third-order valence-electron chi connectivity index (χ3n) is 2.35. The number of anilines is 1. The van der Waals surface area contributed by atoms with Crippen LogP contribution in [0.1, 0.15) is 11.3 Å². The van der Waals surface area contributed by atoms with Gasteiger partial charge in [-0.25, -0.2) is 4.98 Å². The molecule has 2 rings (SSSR count). The molecule has 14 heavy (non-hydrogen) atoms. The van der Waals surface area contributed by atoms with Gasteiger partial charge in [-0.05, 0) is 13.3 Å². The Morgan fingerprint density at radius 3 is 3.00 bits per heavy atom. The molecule has 1 saturated heterocycles. The Morgan fingerprint density at radius 2 is 2.50 bits per heavy atom. The molecule has 0 aromatic carbocycles.